The van der Waals surface area contributed by atoms with Crippen LogP contribution in [-0.4, -0.2) is 0 Å². The van der Waals surface area contributed by atoms with Gasteiger partial charge in [0.1, 0.15) is 11.5 Å². The highest BCUT2D eigenvalue weighted by molar-refractivity contribution is 5.67. The minimum atomic E-state index is 0.845. The molecule has 0 aliphatic heterocycles. The maximum absolute atomic E-state index is 6.05. The summed E-state index contributed by atoms with van der Waals surface area (Å²) in [7, 11) is 0. The molecular formula is C28H26O. The van der Waals surface area contributed by atoms with Crippen LogP contribution in [0.3, 0.4) is 0 Å². The van der Waals surface area contributed by atoms with E-state index in [1.807, 2.05) is 24.3 Å². The molecule has 0 amide bonds. The van der Waals surface area contributed by atoms with Crippen molar-refractivity contribution >= 4 is 0 Å². The molecule has 1 nitrogen and oxygen atoms in total. The van der Waals surface area contributed by atoms with Crippen molar-refractivity contribution < 1.29 is 4.74 Å². The average Bonchev–Trinajstić information content (AvgIpc) is 2.68. The Morgan fingerprint density at radius 3 is 1.00 bits per heavy atom. The molecule has 0 fully saturated rings. The Kier molecular flexibility index (Phi) is 5.22. The van der Waals surface area contributed by atoms with Crippen LogP contribution in [0.4, 0.5) is 0 Å². The van der Waals surface area contributed by atoms with Crippen LogP contribution < -0.4 is 4.74 Å². The van der Waals surface area contributed by atoms with Gasteiger partial charge in [-0.25, -0.2) is 0 Å². The van der Waals surface area contributed by atoms with E-state index < -0.39 is 0 Å². The molecule has 0 unspecified atom stereocenters. The molecule has 29 heavy (non-hydrogen) atoms. The second kappa shape index (κ2) is 7.97. The molecule has 4 rings (SSSR count). The van der Waals surface area contributed by atoms with Gasteiger partial charge >= 0.3 is 0 Å². The first-order valence-corrected chi connectivity index (χ1v) is 10.0. The third-order valence-corrected chi connectivity index (χ3v) is 5.05. The number of hydrogen-bond donors (Lipinski definition) is 0. The average molecular weight is 379 g/mol. The Bertz CT molecular complexity index is 1000. The van der Waals surface area contributed by atoms with Gasteiger partial charge in [0.05, 0.1) is 0 Å². The quantitative estimate of drug-likeness (QED) is 0.349. The van der Waals surface area contributed by atoms with Crippen molar-refractivity contribution in [3.8, 4) is 33.8 Å². The third-order valence-electron chi connectivity index (χ3n) is 5.05. The van der Waals surface area contributed by atoms with E-state index in [0.29, 0.717) is 0 Å². The van der Waals surface area contributed by atoms with Gasteiger partial charge in [0.15, 0.2) is 0 Å². The maximum Gasteiger partial charge on any atom is 0.127 e. The summed E-state index contributed by atoms with van der Waals surface area (Å²) < 4.78 is 6.05. The van der Waals surface area contributed by atoms with Crippen LogP contribution in [0.15, 0.2) is 84.9 Å². The molecule has 0 radical (unpaired) electrons. The molecule has 0 aliphatic carbocycles. The number of hydrogen-bond acceptors (Lipinski definition) is 1. The summed E-state index contributed by atoms with van der Waals surface area (Å²) in [6.45, 7) is 8.54. The molecule has 0 spiro atoms. The van der Waals surface area contributed by atoms with E-state index >= 15 is 0 Å². The first-order valence-electron chi connectivity index (χ1n) is 10.0. The summed E-state index contributed by atoms with van der Waals surface area (Å²) in [6, 6.07) is 29.9. The van der Waals surface area contributed by atoms with E-state index in [-0.39, 0.29) is 0 Å². The van der Waals surface area contributed by atoms with Crippen molar-refractivity contribution in [2.75, 3.05) is 0 Å². The van der Waals surface area contributed by atoms with Crippen LogP contribution in [0.5, 0.6) is 11.5 Å². The third kappa shape index (κ3) is 4.57. The number of ether oxygens (including phenoxy) is 1. The van der Waals surface area contributed by atoms with Crippen molar-refractivity contribution in [3.63, 3.8) is 0 Å². The highest BCUT2D eigenvalue weighted by Gasteiger charge is 2.04. The van der Waals surface area contributed by atoms with Gasteiger partial charge in [0.2, 0.25) is 0 Å². The van der Waals surface area contributed by atoms with Crippen molar-refractivity contribution in [2.24, 2.45) is 0 Å². The zero-order chi connectivity index (χ0) is 20.4. The molecule has 0 aliphatic rings. The topological polar surface area (TPSA) is 9.23 Å². The molecule has 0 heterocycles. The van der Waals surface area contributed by atoms with Gasteiger partial charge in [-0.15, -0.1) is 0 Å². The van der Waals surface area contributed by atoms with Gasteiger partial charge in [-0.3, -0.25) is 0 Å². The fourth-order valence-corrected chi connectivity index (χ4v) is 3.85. The van der Waals surface area contributed by atoms with Gasteiger partial charge < -0.3 is 4.74 Å². The normalized spacial score (nSPS) is 10.8. The van der Waals surface area contributed by atoms with Gasteiger partial charge in [0.25, 0.3) is 0 Å². The van der Waals surface area contributed by atoms with E-state index in [4.69, 9.17) is 4.74 Å². The lowest BCUT2D eigenvalue weighted by atomic mass is 10.0. The van der Waals surface area contributed by atoms with Crippen LogP contribution in [-0.2, 0) is 0 Å². The second-order valence-corrected chi connectivity index (χ2v) is 7.90. The molecule has 4 aromatic rings. The van der Waals surface area contributed by atoms with Crippen molar-refractivity contribution in [1.82, 2.24) is 0 Å². The first kappa shape index (κ1) is 19.0. The lowest BCUT2D eigenvalue weighted by Gasteiger charge is -2.10. The van der Waals surface area contributed by atoms with E-state index in [1.54, 1.807) is 0 Å². The molecule has 144 valence electrons. The molecule has 1 heteroatoms. The predicted molar refractivity (Wildman–Crippen MR) is 123 cm³/mol. The minimum absolute atomic E-state index is 0.845. The van der Waals surface area contributed by atoms with Crippen LogP contribution in [0, 0.1) is 27.7 Å². The molecule has 0 N–H and O–H groups in total. The molecular weight excluding hydrogens is 352 g/mol. The van der Waals surface area contributed by atoms with Gasteiger partial charge in [0, 0.05) is 0 Å². The van der Waals surface area contributed by atoms with Crippen molar-refractivity contribution in [1.29, 1.82) is 0 Å². The molecule has 0 atom stereocenters. The van der Waals surface area contributed by atoms with E-state index in [0.717, 1.165) is 11.5 Å². The Labute approximate surface area is 173 Å². The Hall–Kier alpha value is -3.32. The van der Waals surface area contributed by atoms with E-state index in [2.05, 4.69) is 88.4 Å². The maximum atomic E-state index is 6.05. The zero-order valence-electron chi connectivity index (χ0n) is 17.5. The highest BCUT2D eigenvalue weighted by atomic mass is 16.5. The van der Waals surface area contributed by atoms with Crippen LogP contribution in [0.1, 0.15) is 22.3 Å². The Morgan fingerprint density at radius 1 is 0.379 bits per heavy atom. The monoisotopic (exact) mass is 378 g/mol. The van der Waals surface area contributed by atoms with Crippen LogP contribution >= 0.6 is 0 Å². The van der Waals surface area contributed by atoms with Gasteiger partial charge in [-0.2, -0.15) is 0 Å². The summed E-state index contributed by atoms with van der Waals surface area (Å²) in [4.78, 5) is 0. The number of benzene rings is 4. The fourth-order valence-electron chi connectivity index (χ4n) is 3.85. The zero-order valence-corrected chi connectivity index (χ0v) is 17.5. The van der Waals surface area contributed by atoms with Gasteiger partial charge in [-0.05, 0) is 74.2 Å². The highest BCUT2D eigenvalue weighted by Crippen LogP contribution is 2.29. The molecule has 0 saturated heterocycles. The van der Waals surface area contributed by atoms with E-state index in [9.17, 15) is 0 Å². The first-order chi connectivity index (χ1) is 14.0. The fraction of sp³-hybridized carbons (Fsp3) is 0.143. The number of aryl methyl sites for hydroxylation is 4. The lowest BCUT2D eigenvalue weighted by molar-refractivity contribution is 0.483. The smallest absolute Gasteiger partial charge is 0.127 e. The number of rotatable bonds is 4. The predicted octanol–water partition coefficient (Wildman–Crippen LogP) is 8.05. The van der Waals surface area contributed by atoms with Crippen LogP contribution in [0.25, 0.3) is 22.3 Å². The standard InChI is InChI=1S/C28H26O/c1-19-13-20(2)16-25(15-19)23-5-9-27(10-6-23)29-28-11-7-24(8-12-28)26-17-21(3)14-22(4)18-26/h5-18H,1-4H3. The Balaban J connectivity index is 1.50. The van der Waals surface area contributed by atoms with Crippen molar-refractivity contribution in [2.45, 2.75) is 27.7 Å². The SMILES string of the molecule is Cc1cc(C)cc(-c2ccc(Oc3ccc(-c4cc(C)cc(C)c4)cc3)cc2)c1. The minimum Gasteiger partial charge on any atom is -0.457 e. The molecule has 4 aromatic carbocycles. The molecule has 0 aromatic heterocycles. The van der Waals surface area contributed by atoms with Gasteiger partial charge in [-0.1, -0.05) is 82.9 Å². The van der Waals surface area contributed by atoms with Crippen molar-refractivity contribution in [3.05, 3.63) is 107 Å². The summed E-state index contributed by atoms with van der Waals surface area (Å²) in [5.41, 5.74) is 10.0. The Morgan fingerprint density at radius 2 is 0.690 bits per heavy atom. The summed E-state index contributed by atoms with van der Waals surface area (Å²) in [5.74, 6) is 1.69. The largest absolute Gasteiger partial charge is 0.457 e. The summed E-state index contributed by atoms with van der Waals surface area (Å²) in [5, 5.41) is 0. The van der Waals surface area contributed by atoms with Crippen LogP contribution in [0.2, 0.25) is 0 Å². The summed E-state index contributed by atoms with van der Waals surface area (Å²) in [6.07, 6.45) is 0. The second-order valence-electron chi connectivity index (χ2n) is 7.90. The van der Waals surface area contributed by atoms with E-state index in [1.165, 1.54) is 44.5 Å². The summed E-state index contributed by atoms with van der Waals surface area (Å²) >= 11 is 0. The molecule has 0 bridgehead atoms. The lowest BCUT2D eigenvalue weighted by Crippen LogP contribution is -1.87. The molecule has 0 saturated carbocycles.